The van der Waals surface area contributed by atoms with Crippen LogP contribution in [-0.2, 0) is 14.3 Å². The number of amides is 1. The number of aliphatic hydroxyl groups is 2. The fourth-order valence-electron chi connectivity index (χ4n) is 10.5. The molecule has 0 aromatic carbocycles. The molecule has 0 aliphatic heterocycles. The van der Waals surface area contributed by atoms with E-state index in [2.05, 4.69) is 19.2 Å². The van der Waals surface area contributed by atoms with Gasteiger partial charge in [0, 0.05) is 12.8 Å². The fourth-order valence-corrected chi connectivity index (χ4v) is 10.5. The van der Waals surface area contributed by atoms with E-state index in [0.717, 1.165) is 44.9 Å². The smallest absolute Gasteiger partial charge is 0.305 e. The number of nitrogens with one attached hydrogen (secondary N) is 1. The molecule has 0 radical (unpaired) electrons. The third-order valence-corrected chi connectivity index (χ3v) is 15.6. The topological polar surface area (TPSA) is 95.9 Å². The van der Waals surface area contributed by atoms with Gasteiger partial charge >= 0.3 is 5.97 Å². The summed E-state index contributed by atoms with van der Waals surface area (Å²) in [5.41, 5.74) is 0. The molecule has 6 heteroatoms. The number of esters is 1. The number of hydrogen-bond acceptors (Lipinski definition) is 5. The summed E-state index contributed by atoms with van der Waals surface area (Å²) in [7, 11) is 0. The van der Waals surface area contributed by atoms with Crippen LogP contribution in [-0.4, -0.2) is 47.4 Å². The number of unbranched alkanes of at least 4 members (excludes halogenated alkanes) is 51. The van der Waals surface area contributed by atoms with Gasteiger partial charge in [0.25, 0.3) is 0 Å². The van der Waals surface area contributed by atoms with E-state index in [9.17, 15) is 19.8 Å². The van der Waals surface area contributed by atoms with Crippen LogP contribution in [0.4, 0.5) is 0 Å². The van der Waals surface area contributed by atoms with E-state index in [1.165, 1.54) is 302 Å². The van der Waals surface area contributed by atoms with E-state index in [1.54, 1.807) is 6.08 Å². The minimum Gasteiger partial charge on any atom is -0.466 e. The van der Waals surface area contributed by atoms with Crippen LogP contribution in [0.5, 0.6) is 0 Å². The lowest BCUT2D eigenvalue weighted by molar-refractivity contribution is -0.143. The van der Waals surface area contributed by atoms with Gasteiger partial charge in [-0.2, -0.15) is 0 Å². The average Bonchev–Trinajstić information content (AvgIpc) is 3.38. The normalized spacial score (nSPS) is 12.6. The van der Waals surface area contributed by atoms with Crippen LogP contribution in [0.1, 0.15) is 373 Å². The van der Waals surface area contributed by atoms with Crippen molar-refractivity contribution in [1.29, 1.82) is 0 Å². The number of aliphatic hydroxyl groups excluding tert-OH is 2. The van der Waals surface area contributed by atoms with Crippen molar-refractivity contribution in [2.24, 2.45) is 0 Å². The van der Waals surface area contributed by atoms with Crippen molar-refractivity contribution < 1.29 is 24.5 Å². The van der Waals surface area contributed by atoms with Gasteiger partial charge in [-0.05, 0) is 32.1 Å². The third kappa shape index (κ3) is 57.9. The van der Waals surface area contributed by atoms with Crippen molar-refractivity contribution in [3.63, 3.8) is 0 Å². The SMILES string of the molecule is CCCCCCCCCCCCCCCCCCCCC/C=C/C(O)C(CO)NC(=O)CCCCCCCCCCCCCCCCCOC(=O)CCCCCCCCCCCCCCCCCCCCC. The molecular weight excluding hydrogens is 887 g/mol. The summed E-state index contributed by atoms with van der Waals surface area (Å²) in [6.45, 7) is 4.93. The lowest BCUT2D eigenvalue weighted by Gasteiger charge is -2.20. The van der Waals surface area contributed by atoms with Gasteiger partial charge in [-0.3, -0.25) is 9.59 Å². The Kier molecular flexibility index (Phi) is 60.9. The summed E-state index contributed by atoms with van der Waals surface area (Å²) in [5.74, 6) is -0.0665. The number of rotatable bonds is 62. The zero-order valence-electron chi connectivity index (χ0n) is 48.9. The maximum Gasteiger partial charge on any atom is 0.305 e. The summed E-state index contributed by atoms with van der Waals surface area (Å²) < 4.78 is 5.50. The minimum atomic E-state index is -0.850. The summed E-state index contributed by atoms with van der Waals surface area (Å²) >= 11 is 0. The molecule has 0 spiro atoms. The van der Waals surface area contributed by atoms with Crippen molar-refractivity contribution in [3.8, 4) is 0 Å². The van der Waals surface area contributed by atoms with E-state index in [0.29, 0.717) is 19.4 Å². The molecule has 0 aromatic rings. The van der Waals surface area contributed by atoms with Crippen LogP contribution in [0, 0.1) is 0 Å². The van der Waals surface area contributed by atoms with E-state index < -0.39 is 12.1 Å². The quantitative estimate of drug-likeness (QED) is 0.0320. The second kappa shape index (κ2) is 62.1. The molecule has 6 nitrogen and oxygen atoms in total. The van der Waals surface area contributed by atoms with Gasteiger partial charge in [0.2, 0.25) is 5.91 Å². The van der Waals surface area contributed by atoms with Gasteiger partial charge in [0.15, 0.2) is 0 Å². The Bertz CT molecular complexity index is 1080. The lowest BCUT2D eigenvalue weighted by atomic mass is 10.0. The first-order valence-electron chi connectivity index (χ1n) is 33.0. The minimum absolute atomic E-state index is 0.00553. The molecule has 3 N–H and O–H groups in total. The van der Waals surface area contributed by atoms with Crippen LogP contribution in [0.3, 0.4) is 0 Å². The Labute approximate surface area is 450 Å². The van der Waals surface area contributed by atoms with Crippen LogP contribution < -0.4 is 5.32 Å². The third-order valence-electron chi connectivity index (χ3n) is 15.6. The summed E-state index contributed by atoms with van der Waals surface area (Å²) in [4.78, 5) is 24.6. The summed E-state index contributed by atoms with van der Waals surface area (Å²) in [6.07, 6.45) is 75.4. The monoisotopic (exact) mass is 1020 g/mol. The van der Waals surface area contributed by atoms with Crippen molar-refractivity contribution in [2.75, 3.05) is 13.2 Å². The number of carbonyl (C=O) groups excluding carboxylic acids is 2. The van der Waals surface area contributed by atoms with Crippen molar-refractivity contribution in [2.45, 2.75) is 386 Å². The lowest BCUT2D eigenvalue weighted by Crippen LogP contribution is -2.45. The molecule has 0 fully saturated rings. The average molecular weight is 1020 g/mol. The zero-order chi connectivity index (χ0) is 52.2. The van der Waals surface area contributed by atoms with Gasteiger partial charge in [0.05, 0.1) is 25.4 Å². The van der Waals surface area contributed by atoms with Crippen LogP contribution in [0.25, 0.3) is 0 Å². The highest BCUT2D eigenvalue weighted by Crippen LogP contribution is 2.19. The molecule has 72 heavy (non-hydrogen) atoms. The van der Waals surface area contributed by atoms with E-state index in [4.69, 9.17) is 4.74 Å². The Hall–Kier alpha value is -1.40. The van der Waals surface area contributed by atoms with Gasteiger partial charge < -0.3 is 20.3 Å². The van der Waals surface area contributed by atoms with Crippen LogP contribution >= 0.6 is 0 Å². The Balaban J connectivity index is 3.43. The van der Waals surface area contributed by atoms with Gasteiger partial charge in [0.1, 0.15) is 0 Å². The number of hydrogen-bond donors (Lipinski definition) is 3. The van der Waals surface area contributed by atoms with Gasteiger partial charge in [-0.1, -0.05) is 341 Å². The van der Waals surface area contributed by atoms with Crippen LogP contribution in [0.2, 0.25) is 0 Å². The molecule has 0 bridgehead atoms. The second-order valence-corrected chi connectivity index (χ2v) is 22.8. The highest BCUT2D eigenvalue weighted by molar-refractivity contribution is 5.76. The summed E-state index contributed by atoms with van der Waals surface area (Å²) in [5, 5.41) is 23.2. The first-order valence-corrected chi connectivity index (χ1v) is 33.0. The highest BCUT2D eigenvalue weighted by Gasteiger charge is 2.18. The van der Waals surface area contributed by atoms with Crippen molar-refractivity contribution in [3.05, 3.63) is 12.2 Å². The molecular formula is C66H129NO5. The predicted octanol–water partition coefficient (Wildman–Crippen LogP) is 20.8. The molecule has 0 aliphatic carbocycles. The van der Waals surface area contributed by atoms with E-state index in [-0.39, 0.29) is 18.5 Å². The maximum absolute atomic E-state index is 12.5. The largest absolute Gasteiger partial charge is 0.466 e. The second-order valence-electron chi connectivity index (χ2n) is 22.8. The molecule has 0 heterocycles. The molecule has 0 aromatic heterocycles. The molecule has 1 amide bonds. The van der Waals surface area contributed by atoms with Crippen molar-refractivity contribution in [1.82, 2.24) is 5.32 Å². The number of allylic oxidation sites excluding steroid dienone is 1. The molecule has 2 atom stereocenters. The fraction of sp³-hybridized carbons (Fsp3) is 0.939. The standard InChI is InChI=1S/C66H129NO5/c1-3-5-7-9-11-13-15-17-19-21-23-24-26-27-30-34-38-42-46-50-54-58-64(69)63(62-68)67-65(70)59-55-51-47-43-39-35-31-29-33-37-41-45-49-53-57-61-72-66(71)60-56-52-48-44-40-36-32-28-25-22-20-18-16-14-12-10-8-6-4-2/h54,58,63-64,68-69H,3-53,55-57,59-62H2,1-2H3,(H,67,70)/b58-54+. The Morgan fingerprint density at radius 1 is 0.375 bits per heavy atom. The van der Waals surface area contributed by atoms with Gasteiger partial charge in [-0.15, -0.1) is 0 Å². The highest BCUT2D eigenvalue weighted by atomic mass is 16.5. The molecule has 0 rings (SSSR count). The maximum atomic E-state index is 12.5. The molecule has 0 saturated heterocycles. The van der Waals surface area contributed by atoms with E-state index in [1.807, 2.05) is 6.08 Å². The molecule has 2 unspecified atom stereocenters. The first-order chi connectivity index (χ1) is 35.5. The van der Waals surface area contributed by atoms with Crippen molar-refractivity contribution >= 4 is 11.9 Å². The van der Waals surface area contributed by atoms with Crippen LogP contribution in [0.15, 0.2) is 12.2 Å². The molecule has 0 saturated carbocycles. The zero-order valence-corrected chi connectivity index (χ0v) is 48.9. The Morgan fingerprint density at radius 2 is 0.639 bits per heavy atom. The predicted molar refractivity (Wildman–Crippen MR) is 315 cm³/mol. The molecule has 428 valence electrons. The number of ether oxygens (including phenoxy) is 1. The first kappa shape index (κ1) is 70.6. The Morgan fingerprint density at radius 3 is 0.944 bits per heavy atom. The van der Waals surface area contributed by atoms with Gasteiger partial charge in [-0.25, -0.2) is 0 Å². The number of carbonyl (C=O) groups is 2. The summed E-state index contributed by atoms with van der Waals surface area (Å²) in [6, 6.07) is -0.634. The van der Waals surface area contributed by atoms with E-state index >= 15 is 0 Å². The molecule has 0 aliphatic rings.